The van der Waals surface area contributed by atoms with E-state index in [-0.39, 0.29) is 6.04 Å². The Morgan fingerprint density at radius 1 is 0.882 bits per heavy atom. The van der Waals surface area contributed by atoms with Crippen molar-refractivity contribution in [2.75, 3.05) is 0 Å². The molecule has 0 aromatic heterocycles. The Labute approximate surface area is 103 Å². The summed E-state index contributed by atoms with van der Waals surface area (Å²) >= 11 is 0. The summed E-state index contributed by atoms with van der Waals surface area (Å²) in [5.41, 5.74) is 11.0. The Morgan fingerprint density at radius 2 is 1.35 bits per heavy atom. The number of benzene rings is 2. The molecule has 0 bridgehead atoms. The van der Waals surface area contributed by atoms with Gasteiger partial charge >= 0.3 is 0 Å². The van der Waals surface area contributed by atoms with E-state index in [2.05, 4.69) is 62.4 Å². The van der Waals surface area contributed by atoms with Gasteiger partial charge in [-0.1, -0.05) is 61.0 Å². The summed E-state index contributed by atoms with van der Waals surface area (Å²) in [6.45, 7) is 4.21. The van der Waals surface area contributed by atoms with E-state index in [0.717, 1.165) is 6.42 Å². The lowest BCUT2D eigenvalue weighted by Gasteiger charge is -2.10. The van der Waals surface area contributed by atoms with Crippen LogP contribution in [0.1, 0.15) is 30.5 Å². The molecule has 1 atom stereocenters. The number of aryl methyl sites for hydroxylation is 1. The molecule has 0 radical (unpaired) electrons. The van der Waals surface area contributed by atoms with Gasteiger partial charge in [-0.15, -0.1) is 0 Å². The molecule has 0 aliphatic heterocycles. The van der Waals surface area contributed by atoms with Crippen molar-refractivity contribution in [3.05, 3.63) is 59.7 Å². The molecular weight excluding hydrogens is 206 g/mol. The molecule has 0 heterocycles. The summed E-state index contributed by atoms with van der Waals surface area (Å²) in [4.78, 5) is 0. The third-order valence-corrected chi connectivity index (χ3v) is 3.16. The number of rotatable bonds is 3. The Balaban J connectivity index is 2.26. The number of nitrogens with two attached hydrogens (primary N) is 1. The van der Waals surface area contributed by atoms with E-state index >= 15 is 0 Å². The smallest absolute Gasteiger partial charge is 0.0292 e. The largest absolute Gasteiger partial charge is 0.324 e. The summed E-state index contributed by atoms with van der Waals surface area (Å²) in [5.74, 6) is 0. The van der Waals surface area contributed by atoms with E-state index in [4.69, 9.17) is 5.73 Å². The molecule has 0 amide bonds. The molecule has 0 aliphatic carbocycles. The molecule has 88 valence electrons. The van der Waals surface area contributed by atoms with Crippen LogP contribution in [-0.2, 0) is 0 Å². The summed E-state index contributed by atoms with van der Waals surface area (Å²) in [6, 6.07) is 17.3. The average molecular weight is 225 g/mol. The van der Waals surface area contributed by atoms with Crippen molar-refractivity contribution in [3.8, 4) is 11.1 Å². The van der Waals surface area contributed by atoms with E-state index in [1.54, 1.807) is 0 Å². The molecule has 0 fully saturated rings. The van der Waals surface area contributed by atoms with Crippen LogP contribution in [0.25, 0.3) is 11.1 Å². The molecule has 0 aliphatic rings. The minimum absolute atomic E-state index is 0.155. The van der Waals surface area contributed by atoms with Gasteiger partial charge in [-0.2, -0.15) is 0 Å². The molecule has 0 saturated heterocycles. The third kappa shape index (κ3) is 2.75. The average Bonchev–Trinajstić information content (AvgIpc) is 2.39. The molecule has 2 aromatic carbocycles. The van der Waals surface area contributed by atoms with Crippen LogP contribution in [0.3, 0.4) is 0 Å². The van der Waals surface area contributed by atoms with Gasteiger partial charge in [0, 0.05) is 6.04 Å². The monoisotopic (exact) mass is 225 g/mol. The standard InChI is InChI=1S/C16H19N/c1-3-16(17)15-10-8-14(9-11-15)13-6-4-12(2)5-7-13/h4-11,16H,3,17H2,1-2H3. The van der Waals surface area contributed by atoms with Crippen molar-refractivity contribution >= 4 is 0 Å². The van der Waals surface area contributed by atoms with Gasteiger partial charge < -0.3 is 5.73 Å². The highest BCUT2D eigenvalue weighted by Crippen LogP contribution is 2.22. The first-order chi connectivity index (χ1) is 8.20. The first-order valence-corrected chi connectivity index (χ1v) is 6.13. The highest BCUT2D eigenvalue weighted by Gasteiger charge is 2.03. The van der Waals surface area contributed by atoms with E-state index in [9.17, 15) is 0 Å². The van der Waals surface area contributed by atoms with E-state index < -0.39 is 0 Å². The fourth-order valence-corrected chi connectivity index (χ4v) is 1.90. The van der Waals surface area contributed by atoms with Crippen molar-refractivity contribution < 1.29 is 0 Å². The second-order valence-corrected chi connectivity index (χ2v) is 4.50. The molecule has 1 nitrogen and oxygen atoms in total. The lowest BCUT2D eigenvalue weighted by molar-refractivity contribution is 0.699. The van der Waals surface area contributed by atoms with Crippen LogP contribution in [0.4, 0.5) is 0 Å². The molecule has 17 heavy (non-hydrogen) atoms. The zero-order valence-electron chi connectivity index (χ0n) is 10.5. The van der Waals surface area contributed by atoms with Crippen LogP contribution in [0.15, 0.2) is 48.5 Å². The Kier molecular flexibility index (Phi) is 3.60. The van der Waals surface area contributed by atoms with Gasteiger partial charge in [0.25, 0.3) is 0 Å². The van der Waals surface area contributed by atoms with Gasteiger partial charge in [0.2, 0.25) is 0 Å². The van der Waals surface area contributed by atoms with Crippen molar-refractivity contribution in [2.45, 2.75) is 26.3 Å². The van der Waals surface area contributed by atoms with Gasteiger partial charge in [0.1, 0.15) is 0 Å². The van der Waals surface area contributed by atoms with Crippen molar-refractivity contribution in [1.82, 2.24) is 0 Å². The predicted molar refractivity (Wildman–Crippen MR) is 73.8 cm³/mol. The summed E-state index contributed by atoms with van der Waals surface area (Å²) < 4.78 is 0. The second-order valence-electron chi connectivity index (χ2n) is 4.50. The maximum Gasteiger partial charge on any atom is 0.0292 e. The third-order valence-electron chi connectivity index (χ3n) is 3.16. The highest BCUT2D eigenvalue weighted by atomic mass is 14.6. The zero-order chi connectivity index (χ0) is 12.3. The zero-order valence-corrected chi connectivity index (χ0v) is 10.5. The van der Waals surface area contributed by atoms with E-state index in [1.807, 2.05) is 0 Å². The molecule has 0 spiro atoms. The molecule has 1 heteroatoms. The molecule has 2 aromatic rings. The van der Waals surface area contributed by atoms with Crippen LogP contribution < -0.4 is 5.73 Å². The second kappa shape index (κ2) is 5.15. The van der Waals surface area contributed by atoms with Crippen molar-refractivity contribution in [2.24, 2.45) is 5.73 Å². The van der Waals surface area contributed by atoms with Crippen LogP contribution in [0.5, 0.6) is 0 Å². The van der Waals surface area contributed by atoms with Crippen molar-refractivity contribution in [3.63, 3.8) is 0 Å². The maximum absolute atomic E-state index is 6.00. The first kappa shape index (κ1) is 11.9. The first-order valence-electron chi connectivity index (χ1n) is 6.13. The fraction of sp³-hybridized carbons (Fsp3) is 0.250. The van der Waals surface area contributed by atoms with Gasteiger partial charge in [-0.05, 0) is 30.0 Å². The number of hydrogen-bond acceptors (Lipinski definition) is 1. The topological polar surface area (TPSA) is 26.0 Å². The molecule has 1 unspecified atom stereocenters. The summed E-state index contributed by atoms with van der Waals surface area (Å²) in [7, 11) is 0. The molecule has 2 N–H and O–H groups in total. The Bertz CT molecular complexity index is 468. The van der Waals surface area contributed by atoms with Gasteiger partial charge in [0.05, 0.1) is 0 Å². The minimum Gasteiger partial charge on any atom is -0.324 e. The molecule has 2 rings (SSSR count). The lowest BCUT2D eigenvalue weighted by Crippen LogP contribution is -2.07. The van der Waals surface area contributed by atoms with Crippen LogP contribution >= 0.6 is 0 Å². The summed E-state index contributed by atoms with van der Waals surface area (Å²) in [6.07, 6.45) is 0.976. The summed E-state index contributed by atoms with van der Waals surface area (Å²) in [5, 5.41) is 0. The predicted octanol–water partition coefficient (Wildman–Crippen LogP) is 4.07. The van der Waals surface area contributed by atoms with Crippen LogP contribution in [-0.4, -0.2) is 0 Å². The lowest BCUT2D eigenvalue weighted by atomic mass is 9.99. The minimum atomic E-state index is 0.155. The quantitative estimate of drug-likeness (QED) is 0.837. The van der Waals surface area contributed by atoms with Gasteiger partial charge in [0.15, 0.2) is 0 Å². The van der Waals surface area contributed by atoms with Crippen LogP contribution in [0, 0.1) is 6.92 Å². The van der Waals surface area contributed by atoms with Crippen molar-refractivity contribution in [1.29, 1.82) is 0 Å². The van der Waals surface area contributed by atoms with Gasteiger partial charge in [-0.25, -0.2) is 0 Å². The van der Waals surface area contributed by atoms with Crippen LogP contribution in [0.2, 0.25) is 0 Å². The normalized spacial score (nSPS) is 12.4. The number of hydrogen-bond donors (Lipinski definition) is 1. The highest BCUT2D eigenvalue weighted by molar-refractivity contribution is 5.64. The SMILES string of the molecule is CCC(N)c1ccc(-c2ccc(C)cc2)cc1. The molecule has 0 saturated carbocycles. The maximum atomic E-state index is 6.00. The van der Waals surface area contributed by atoms with Gasteiger partial charge in [-0.3, -0.25) is 0 Å². The Morgan fingerprint density at radius 3 is 1.82 bits per heavy atom. The van der Waals surface area contributed by atoms with E-state index in [0.29, 0.717) is 0 Å². The fourth-order valence-electron chi connectivity index (χ4n) is 1.90. The Hall–Kier alpha value is -1.60. The molecular formula is C16H19N. The van der Waals surface area contributed by atoms with E-state index in [1.165, 1.54) is 22.3 Å².